The second-order valence-electron chi connectivity index (χ2n) is 7.45. The minimum atomic E-state index is -0.597. The molecule has 1 aromatic rings. The lowest BCUT2D eigenvalue weighted by molar-refractivity contribution is -0.000369. The molecule has 2 fully saturated rings. The van der Waals surface area contributed by atoms with Gasteiger partial charge in [-0.3, -0.25) is 9.80 Å². The molecule has 2 saturated heterocycles. The van der Waals surface area contributed by atoms with Crippen molar-refractivity contribution in [3.05, 3.63) is 29.8 Å². The highest BCUT2D eigenvalue weighted by Crippen LogP contribution is 2.25. The van der Waals surface area contributed by atoms with Gasteiger partial charge in [-0.2, -0.15) is 0 Å². The summed E-state index contributed by atoms with van der Waals surface area (Å²) in [6, 6.07) is 7.81. The maximum atomic E-state index is 12.1. The number of halogens is 1. The van der Waals surface area contributed by atoms with Crippen molar-refractivity contribution >= 4 is 0 Å². The third-order valence-electron chi connectivity index (χ3n) is 5.20. The van der Waals surface area contributed by atoms with Crippen LogP contribution in [0.3, 0.4) is 0 Å². The van der Waals surface area contributed by atoms with E-state index in [0.29, 0.717) is 5.75 Å². The second-order valence-corrected chi connectivity index (χ2v) is 7.45. The smallest absolute Gasteiger partial charge is 0.123 e. The Kier molecular flexibility index (Phi) is 6.28. The van der Waals surface area contributed by atoms with Crippen LogP contribution in [0.25, 0.3) is 0 Å². The van der Waals surface area contributed by atoms with E-state index in [1.807, 2.05) is 24.3 Å². The molecule has 1 N–H and O–H groups in total. The summed E-state index contributed by atoms with van der Waals surface area (Å²) in [5, 5.41) is 10.9. The van der Waals surface area contributed by atoms with Crippen LogP contribution in [0, 0.1) is 0 Å². The van der Waals surface area contributed by atoms with Gasteiger partial charge < -0.3 is 14.7 Å². The quantitative estimate of drug-likeness (QED) is 0.800. The Balaban J connectivity index is 1.47. The Hall–Kier alpha value is -1.21. The Morgan fingerprint density at radius 3 is 2.48 bits per heavy atom. The van der Waals surface area contributed by atoms with Gasteiger partial charge in [-0.25, -0.2) is 4.39 Å². The Bertz CT molecular complexity index is 534. The van der Waals surface area contributed by atoms with Crippen LogP contribution in [0.1, 0.15) is 12.0 Å². The first-order valence-corrected chi connectivity index (χ1v) is 9.20. The number of benzene rings is 1. The van der Waals surface area contributed by atoms with Gasteiger partial charge in [-0.1, -0.05) is 12.1 Å². The van der Waals surface area contributed by atoms with E-state index in [1.165, 1.54) is 5.56 Å². The number of alkyl halides is 1. The third kappa shape index (κ3) is 5.38. The Labute approximate surface area is 150 Å². The summed E-state index contributed by atoms with van der Waals surface area (Å²) in [7, 11) is 2.15. The number of piperazine rings is 1. The predicted molar refractivity (Wildman–Crippen MR) is 96.7 cm³/mol. The molecule has 0 aromatic heterocycles. The van der Waals surface area contributed by atoms with Gasteiger partial charge in [0.1, 0.15) is 19.0 Å². The number of ether oxygens (including phenoxy) is 1. The van der Waals surface area contributed by atoms with E-state index in [1.54, 1.807) is 0 Å². The van der Waals surface area contributed by atoms with Crippen LogP contribution in [0.5, 0.6) is 5.75 Å². The SMILES string of the molecule is CN1CCN(CC2(O)CCN(Cc3ccc(OCCF)cc3)C2)CC1. The molecule has 0 saturated carbocycles. The van der Waals surface area contributed by atoms with Crippen LogP contribution in [0.4, 0.5) is 4.39 Å². The summed E-state index contributed by atoms with van der Waals surface area (Å²) in [6.45, 7) is 7.11. The molecule has 25 heavy (non-hydrogen) atoms. The highest BCUT2D eigenvalue weighted by molar-refractivity contribution is 5.27. The van der Waals surface area contributed by atoms with E-state index in [0.717, 1.165) is 58.8 Å². The Morgan fingerprint density at radius 2 is 1.80 bits per heavy atom. The summed E-state index contributed by atoms with van der Waals surface area (Å²) in [5.74, 6) is 0.703. The van der Waals surface area contributed by atoms with Gasteiger partial charge >= 0.3 is 0 Å². The van der Waals surface area contributed by atoms with Crippen molar-refractivity contribution in [1.82, 2.24) is 14.7 Å². The molecule has 3 rings (SSSR count). The molecule has 0 radical (unpaired) electrons. The molecule has 0 aliphatic carbocycles. The zero-order chi connectivity index (χ0) is 17.7. The number of hydrogen-bond donors (Lipinski definition) is 1. The molecule has 0 bridgehead atoms. The molecular weight excluding hydrogens is 321 g/mol. The molecule has 140 valence electrons. The molecule has 0 amide bonds. The van der Waals surface area contributed by atoms with E-state index >= 15 is 0 Å². The van der Waals surface area contributed by atoms with Gasteiger partial charge in [0.15, 0.2) is 0 Å². The normalized spacial score (nSPS) is 26.2. The van der Waals surface area contributed by atoms with Crippen molar-refractivity contribution in [2.45, 2.75) is 18.6 Å². The maximum absolute atomic E-state index is 12.1. The molecule has 0 spiro atoms. The van der Waals surface area contributed by atoms with Crippen LogP contribution >= 0.6 is 0 Å². The molecule has 2 aliphatic heterocycles. The number of nitrogens with zero attached hydrogens (tertiary/aromatic N) is 3. The van der Waals surface area contributed by atoms with Crippen LogP contribution in [0.15, 0.2) is 24.3 Å². The summed E-state index contributed by atoms with van der Waals surface area (Å²) in [5.41, 5.74) is 0.594. The van der Waals surface area contributed by atoms with E-state index in [9.17, 15) is 9.50 Å². The number of likely N-dealkylation sites (N-methyl/N-ethyl adjacent to an activating group) is 1. The first-order chi connectivity index (χ1) is 12.1. The van der Waals surface area contributed by atoms with Gasteiger partial charge in [0, 0.05) is 52.4 Å². The number of aliphatic hydroxyl groups is 1. The molecule has 6 heteroatoms. The average Bonchev–Trinajstić information content (AvgIpc) is 2.97. The number of hydrogen-bond acceptors (Lipinski definition) is 5. The van der Waals surface area contributed by atoms with Crippen molar-refractivity contribution in [1.29, 1.82) is 0 Å². The average molecular weight is 351 g/mol. The second kappa shape index (κ2) is 8.45. The fourth-order valence-corrected chi connectivity index (χ4v) is 3.73. The summed E-state index contributed by atoms with van der Waals surface area (Å²) in [4.78, 5) is 7.04. The van der Waals surface area contributed by atoms with Crippen LogP contribution < -0.4 is 4.74 Å². The largest absolute Gasteiger partial charge is 0.491 e. The van der Waals surface area contributed by atoms with Gasteiger partial charge in [0.05, 0.1) is 5.60 Å². The lowest BCUT2D eigenvalue weighted by Crippen LogP contribution is -2.51. The van der Waals surface area contributed by atoms with Crippen LogP contribution in [-0.2, 0) is 6.54 Å². The van der Waals surface area contributed by atoms with Crippen molar-refractivity contribution in [3.63, 3.8) is 0 Å². The maximum Gasteiger partial charge on any atom is 0.123 e. The van der Waals surface area contributed by atoms with E-state index in [2.05, 4.69) is 21.7 Å². The fourth-order valence-electron chi connectivity index (χ4n) is 3.73. The van der Waals surface area contributed by atoms with Crippen molar-refractivity contribution in [2.24, 2.45) is 0 Å². The molecule has 1 aromatic carbocycles. The first kappa shape index (κ1) is 18.6. The molecule has 2 heterocycles. The Morgan fingerprint density at radius 1 is 1.08 bits per heavy atom. The number of likely N-dealkylation sites (tertiary alicyclic amines) is 1. The highest BCUT2D eigenvalue weighted by atomic mass is 19.1. The van der Waals surface area contributed by atoms with Gasteiger partial charge in [0.2, 0.25) is 0 Å². The molecule has 1 unspecified atom stereocenters. The van der Waals surface area contributed by atoms with Crippen LogP contribution in [0.2, 0.25) is 0 Å². The van der Waals surface area contributed by atoms with Crippen LogP contribution in [-0.4, -0.2) is 91.5 Å². The monoisotopic (exact) mass is 351 g/mol. The zero-order valence-electron chi connectivity index (χ0n) is 15.2. The number of rotatable bonds is 7. The number of β-amino-alcohol motifs (C(OH)–C–C–N with tert-alkyl or cyclic N) is 1. The lowest BCUT2D eigenvalue weighted by Gasteiger charge is -2.36. The minimum Gasteiger partial charge on any atom is -0.491 e. The zero-order valence-corrected chi connectivity index (χ0v) is 15.2. The molecule has 2 aliphatic rings. The third-order valence-corrected chi connectivity index (χ3v) is 5.20. The minimum absolute atomic E-state index is 0.102. The molecular formula is C19H30FN3O2. The van der Waals surface area contributed by atoms with Crippen molar-refractivity contribution in [3.8, 4) is 5.75 Å². The van der Waals surface area contributed by atoms with E-state index < -0.39 is 12.3 Å². The van der Waals surface area contributed by atoms with Gasteiger partial charge in [0.25, 0.3) is 0 Å². The lowest BCUT2D eigenvalue weighted by atomic mass is 10.0. The first-order valence-electron chi connectivity index (χ1n) is 9.20. The van der Waals surface area contributed by atoms with Gasteiger partial charge in [-0.05, 0) is 31.2 Å². The predicted octanol–water partition coefficient (Wildman–Crippen LogP) is 1.22. The summed E-state index contributed by atoms with van der Waals surface area (Å²) >= 11 is 0. The van der Waals surface area contributed by atoms with Crippen molar-refractivity contribution < 1.29 is 14.2 Å². The highest BCUT2D eigenvalue weighted by Gasteiger charge is 2.37. The summed E-state index contributed by atoms with van der Waals surface area (Å²) in [6.07, 6.45) is 0.830. The topological polar surface area (TPSA) is 39.2 Å². The van der Waals surface area contributed by atoms with E-state index in [4.69, 9.17) is 4.74 Å². The van der Waals surface area contributed by atoms with Gasteiger partial charge in [-0.15, -0.1) is 0 Å². The van der Waals surface area contributed by atoms with E-state index in [-0.39, 0.29) is 6.61 Å². The van der Waals surface area contributed by atoms with Crippen molar-refractivity contribution in [2.75, 3.05) is 66.1 Å². The molecule has 1 atom stereocenters. The standard InChI is InChI=1S/C19H30FN3O2/c1-21-9-11-22(12-10-21)15-19(24)6-8-23(16-19)14-17-2-4-18(5-3-17)25-13-7-20/h2-5,24H,6-16H2,1H3. The fraction of sp³-hybridized carbons (Fsp3) is 0.684. The summed E-state index contributed by atoms with van der Waals surface area (Å²) < 4.78 is 17.4. The molecule has 5 nitrogen and oxygen atoms in total.